The zero-order valence-corrected chi connectivity index (χ0v) is 10.6. The topological polar surface area (TPSA) is 121 Å². The number of aromatic nitrogens is 2. The Morgan fingerprint density at radius 1 is 1.26 bits per heavy atom. The Bertz CT molecular complexity index is 626. The summed E-state index contributed by atoms with van der Waals surface area (Å²) in [6.07, 6.45) is 5.11. The van der Waals surface area contributed by atoms with Gasteiger partial charge in [0.05, 0.1) is 22.7 Å². The molecule has 2 rings (SSSR count). The van der Waals surface area contributed by atoms with E-state index >= 15 is 0 Å². The molecule has 0 amide bonds. The number of nitrogens with two attached hydrogens (primary N) is 3. The Hall–Kier alpha value is -2.54. The van der Waals surface area contributed by atoms with Crippen molar-refractivity contribution < 1.29 is 0 Å². The highest BCUT2D eigenvalue weighted by Gasteiger charge is 2.03. The average molecular weight is 278 g/mol. The Kier molecular flexibility index (Phi) is 3.67. The van der Waals surface area contributed by atoms with E-state index in [1.165, 1.54) is 0 Å². The van der Waals surface area contributed by atoms with Crippen molar-refractivity contribution in [2.24, 2.45) is 27.2 Å². The molecule has 7 nitrogen and oxygen atoms in total. The van der Waals surface area contributed by atoms with Crippen LogP contribution in [0.4, 0.5) is 5.69 Å². The summed E-state index contributed by atoms with van der Waals surface area (Å²) in [4.78, 5) is 11.6. The summed E-state index contributed by atoms with van der Waals surface area (Å²) in [7, 11) is 0. The average Bonchev–Trinajstić information content (AvgIpc) is 2.81. The van der Waals surface area contributed by atoms with Gasteiger partial charge >= 0.3 is 0 Å². The lowest BCUT2D eigenvalue weighted by molar-refractivity contribution is 1.06. The second-order valence-corrected chi connectivity index (χ2v) is 4.02. The lowest BCUT2D eigenvalue weighted by Gasteiger charge is -2.05. The van der Waals surface area contributed by atoms with E-state index in [-0.39, 0.29) is 11.9 Å². The van der Waals surface area contributed by atoms with Gasteiger partial charge in [-0.1, -0.05) is 11.6 Å². The van der Waals surface area contributed by atoms with Gasteiger partial charge in [0.1, 0.15) is 0 Å². The SMILES string of the molecule is NC(N)=NC(N)=Nc1ccc(-n2ccnc2)c(Cl)c1. The molecule has 0 spiro atoms. The molecule has 1 aromatic carbocycles. The Morgan fingerprint density at radius 2 is 2.05 bits per heavy atom. The van der Waals surface area contributed by atoms with Gasteiger partial charge < -0.3 is 21.8 Å². The van der Waals surface area contributed by atoms with Crippen LogP contribution >= 0.6 is 11.6 Å². The first-order chi connectivity index (χ1) is 9.06. The first-order valence-electron chi connectivity index (χ1n) is 5.28. The van der Waals surface area contributed by atoms with Crippen LogP contribution in [0.1, 0.15) is 0 Å². The molecule has 98 valence electrons. The molecular formula is C11H12ClN7. The molecule has 0 aliphatic heterocycles. The van der Waals surface area contributed by atoms with E-state index in [9.17, 15) is 0 Å². The molecule has 0 atom stereocenters. The first kappa shape index (κ1) is 12.9. The third-order valence-corrected chi connectivity index (χ3v) is 2.50. The van der Waals surface area contributed by atoms with Gasteiger partial charge in [0.15, 0.2) is 5.96 Å². The lowest BCUT2D eigenvalue weighted by atomic mass is 10.3. The summed E-state index contributed by atoms with van der Waals surface area (Å²) in [5.41, 5.74) is 17.3. The molecule has 2 aromatic rings. The highest BCUT2D eigenvalue weighted by atomic mass is 35.5. The van der Waals surface area contributed by atoms with Crippen molar-refractivity contribution in [3.8, 4) is 5.69 Å². The molecule has 8 heteroatoms. The van der Waals surface area contributed by atoms with Crippen molar-refractivity contribution in [1.82, 2.24) is 9.55 Å². The number of hydrogen-bond acceptors (Lipinski definition) is 2. The fourth-order valence-electron chi connectivity index (χ4n) is 1.47. The summed E-state index contributed by atoms with van der Waals surface area (Å²) in [5.74, 6) is -0.186. The Labute approximate surface area is 114 Å². The summed E-state index contributed by atoms with van der Waals surface area (Å²) >= 11 is 6.17. The molecule has 0 saturated carbocycles. The highest BCUT2D eigenvalue weighted by molar-refractivity contribution is 6.32. The number of halogens is 1. The lowest BCUT2D eigenvalue weighted by Crippen LogP contribution is -2.26. The molecule has 1 aromatic heterocycles. The molecule has 0 bridgehead atoms. The third kappa shape index (κ3) is 3.23. The molecule has 0 fully saturated rings. The standard InChI is InChI=1S/C11H12ClN7/c12-8-5-7(17-11(15)18-10(13)14)1-2-9(8)19-4-3-16-6-19/h1-6H,(H6,13,14,15,17,18). The zero-order chi connectivity index (χ0) is 13.8. The minimum atomic E-state index is -0.151. The molecular weight excluding hydrogens is 266 g/mol. The largest absolute Gasteiger partial charge is 0.370 e. The molecule has 0 unspecified atom stereocenters. The van der Waals surface area contributed by atoms with Crippen molar-refractivity contribution in [2.45, 2.75) is 0 Å². The van der Waals surface area contributed by atoms with Gasteiger partial charge in [0.25, 0.3) is 0 Å². The maximum Gasteiger partial charge on any atom is 0.223 e. The number of hydrogen-bond donors (Lipinski definition) is 3. The fourth-order valence-corrected chi connectivity index (χ4v) is 1.74. The van der Waals surface area contributed by atoms with Crippen LogP contribution in [0.25, 0.3) is 5.69 Å². The zero-order valence-electron chi connectivity index (χ0n) is 9.86. The van der Waals surface area contributed by atoms with Gasteiger partial charge in [-0.3, -0.25) is 0 Å². The summed E-state index contributed by atoms with van der Waals surface area (Å²) in [6.45, 7) is 0. The molecule has 0 aliphatic rings. The van der Waals surface area contributed by atoms with Gasteiger partial charge in [-0.2, -0.15) is 4.99 Å². The van der Waals surface area contributed by atoms with Crippen molar-refractivity contribution in [3.05, 3.63) is 41.9 Å². The van der Waals surface area contributed by atoms with Gasteiger partial charge in [0, 0.05) is 12.4 Å². The van der Waals surface area contributed by atoms with Crippen LogP contribution in [0.2, 0.25) is 5.02 Å². The summed E-state index contributed by atoms with van der Waals surface area (Å²) in [6, 6.07) is 5.20. The molecule has 0 aliphatic carbocycles. The maximum atomic E-state index is 6.17. The van der Waals surface area contributed by atoms with E-state index in [2.05, 4.69) is 15.0 Å². The van der Waals surface area contributed by atoms with Gasteiger partial charge in [-0.05, 0) is 18.2 Å². The molecule has 6 N–H and O–H groups in total. The maximum absolute atomic E-state index is 6.17. The smallest absolute Gasteiger partial charge is 0.223 e. The highest BCUT2D eigenvalue weighted by Crippen LogP contribution is 2.25. The number of benzene rings is 1. The third-order valence-electron chi connectivity index (χ3n) is 2.20. The fraction of sp³-hybridized carbons (Fsp3) is 0. The van der Waals surface area contributed by atoms with Gasteiger partial charge in [0.2, 0.25) is 5.96 Å². The predicted molar refractivity (Wildman–Crippen MR) is 75.7 cm³/mol. The van der Waals surface area contributed by atoms with Crippen LogP contribution in [-0.4, -0.2) is 21.5 Å². The molecule has 19 heavy (non-hydrogen) atoms. The second kappa shape index (κ2) is 5.40. The second-order valence-electron chi connectivity index (χ2n) is 3.61. The van der Waals surface area contributed by atoms with Crippen molar-refractivity contribution in [1.29, 1.82) is 0 Å². The minimum absolute atomic E-state index is 0.0357. The monoisotopic (exact) mass is 277 g/mol. The molecule has 0 saturated heterocycles. The number of nitrogens with zero attached hydrogens (tertiary/aromatic N) is 4. The number of imidazole rings is 1. The van der Waals surface area contributed by atoms with E-state index in [1.54, 1.807) is 41.5 Å². The van der Waals surface area contributed by atoms with E-state index in [1.807, 2.05) is 0 Å². The van der Waals surface area contributed by atoms with Crippen LogP contribution in [0.3, 0.4) is 0 Å². The Morgan fingerprint density at radius 3 is 2.63 bits per heavy atom. The van der Waals surface area contributed by atoms with Crippen molar-refractivity contribution in [3.63, 3.8) is 0 Å². The summed E-state index contributed by atoms with van der Waals surface area (Å²) in [5, 5.41) is 0.511. The Balaban J connectivity index is 2.32. The van der Waals surface area contributed by atoms with Gasteiger partial charge in [-0.15, -0.1) is 0 Å². The van der Waals surface area contributed by atoms with Crippen LogP contribution in [-0.2, 0) is 0 Å². The van der Waals surface area contributed by atoms with E-state index < -0.39 is 0 Å². The van der Waals surface area contributed by atoms with Crippen molar-refractivity contribution >= 4 is 29.2 Å². The van der Waals surface area contributed by atoms with Crippen LogP contribution in [0, 0.1) is 0 Å². The number of aliphatic imine (C=N–C) groups is 2. The predicted octanol–water partition coefficient (Wildman–Crippen LogP) is 0.745. The van der Waals surface area contributed by atoms with Crippen molar-refractivity contribution in [2.75, 3.05) is 0 Å². The first-order valence-corrected chi connectivity index (χ1v) is 5.66. The summed E-state index contributed by atoms with van der Waals surface area (Å²) < 4.78 is 1.79. The van der Waals surface area contributed by atoms with Gasteiger partial charge in [-0.25, -0.2) is 9.98 Å². The van der Waals surface area contributed by atoms with E-state index in [4.69, 9.17) is 28.8 Å². The van der Waals surface area contributed by atoms with Crippen LogP contribution < -0.4 is 17.2 Å². The van der Waals surface area contributed by atoms with E-state index in [0.717, 1.165) is 5.69 Å². The number of rotatable bonds is 2. The molecule has 1 heterocycles. The van der Waals surface area contributed by atoms with Crippen LogP contribution in [0.15, 0.2) is 46.9 Å². The van der Waals surface area contributed by atoms with E-state index in [0.29, 0.717) is 10.7 Å². The minimum Gasteiger partial charge on any atom is -0.370 e. The van der Waals surface area contributed by atoms with Crippen LogP contribution in [0.5, 0.6) is 0 Å². The molecule has 0 radical (unpaired) electrons. The quantitative estimate of drug-likeness (QED) is 0.554. The normalized spacial score (nSPS) is 11.3. The number of guanidine groups is 2.